The minimum atomic E-state index is -0.428. The molecule has 240 valence electrons. The van der Waals surface area contributed by atoms with Crippen LogP contribution in [0.15, 0.2) is 77.7 Å². The van der Waals surface area contributed by atoms with Gasteiger partial charge in [-0.05, 0) is 86.1 Å². The number of hydrogen-bond acceptors (Lipinski definition) is 8. The molecule has 10 heteroatoms. The minimum Gasteiger partial charge on any atom is -0.493 e. The highest BCUT2D eigenvalue weighted by Crippen LogP contribution is 2.43. The molecule has 0 spiro atoms. The maximum Gasteiger partial charge on any atom is 0.341 e. The van der Waals surface area contributed by atoms with Crippen molar-refractivity contribution in [1.82, 2.24) is 0 Å². The fraction of sp³-hybridized carbons (Fsp3) is 0.306. The first kappa shape index (κ1) is 33.1. The molecule has 0 aliphatic heterocycles. The van der Waals surface area contributed by atoms with Crippen LogP contribution in [0.25, 0.3) is 0 Å². The highest BCUT2D eigenvalue weighted by Gasteiger charge is 2.32. The van der Waals surface area contributed by atoms with Gasteiger partial charge in [-0.3, -0.25) is 9.59 Å². The zero-order valence-corrected chi connectivity index (χ0v) is 28.0. The van der Waals surface area contributed by atoms with Gasteiger partial charge in [0.1, 0.15) is 5.00 Å². The van der Waals surface area contributed by atoms with Gasteiger partial charge in [0.25, 0.3) is 5.91 Å². The summed E-state index contributed by atoms with van der Waals surface area (Å²) in [5, 5.41) is 6.14. The van der Waals surface area contributed by atoms with E-state index in [0.717, 1.165) is 34.6 Å². The van der Waals surface area contributed by atoms with Crippen LogP contribution in [0.1, 0.15) is 69.3 Å². The maximum atomic E-state index is 13.7. The molecule has 1 heterocycles. The number of anilines is 2. The second-order valence-corrected chi connectivity index (χ2v) is 13.2. The average Bonchev–Trinajstić information content (AvgIpc) is 3.44. The van der Waals surface area contributed by atoms with Crippen molar-refractivity contribution in [1.29, 1.82) is 0 Å². The molecule has 2 atom stereocenters. The molecule has 0 fully saturated rings. The van der Waals surface area contributed by atoms with Gasteiger partial charge in [-0.2, -0.15) is 0 Å². The van der Waals surface area contributed by atoms with Crippen molar-refractivity contribution in [3.8, 4) is 11.5 Å². The highest BCUT2D eigenvalue weighted by molar-refractivity contribution is 8.00. The molecule has 1 aromatic heterocycles. The van der Waals surface area contributed by atoms with E-state index >= 15 is 0 Å². The van der Waals surface area contributed by atoms with Crippen molar-refractivity contribution in [2.45, 2.75) is 55.6 Å². The van der Waals surface area contributed by atoms with Crippen molar-refractivity contribution >= 4 is 51.6 Å². The number of fused-ring (bicyclic) bond motifs is 1. The number of ether oxygens (including phenoxy) is 3. The fourth-order valence-corrected chi connectivity index (χ4v) is 7.94. The SMILES string of the molecule is CCOC(=O)c1c(NC(=O)C(CC)Sc2cccc(NC(=O)c3ccc(OC)c(OC)c3)c2)sc2c1CCC(c1ccccc1)C2. The summed E-state index contributed by atoms with van der Waals surface area (Å²) in [5.74, 6) is 0.489. The number of hydrogen-bond donors (Lipinski definition) is 2. The van der Waals surface area contributed by atoms with Gasteiger partial charge in [0.05, 0.1) is 31.6 Å². The molecule has 5 rings (SSSR count). The molecule has 2 N–H and O–H groups in total. The van der Waals surface area contributed by atoms with E-state index in [9.17, 15) is 14.4 Å². The molecule has 1 aliphatic carbocycles. The number of carbonyl (C=O) groups excluding carboxylic acids is 3. The molecule has 2 amide bonds. The summed E-state index contributed by atoms with van der Waals surface area (Å²) >= 11 is 2.89. The predicted molar refractivity (Wildman–Crippen MR) is 184 cm³/mol. The number of rotatable bonds is 12. The summed E-state index contributed by atoms with van der Waals surface area (Å²) in [5.41, 5.74) is 3.79. The van der Waals surface area contributed by atoms with E-state index in [0.29, 0.717) is 45.7 Å². The van der Waals surface area contributed by atoms with Gasteiger partial charge in [0.15, 0.2) is 11.5 Å². The fourth-order valence-electron chi connectivity index (χ4n) is 5.61. The van der Waals surface area contributed by atoms with Crippen LogP contribution in [0.5, 0.6) is 11.5 Å². The molecule has 46 heavy (non-hydrogen) atoms. The molecule has 4 aromatic rings. The number of carbonyl (C=O) groups is 3. The van der Waals surface area contributed by atoms with Crippen molar-refractivity contribution < 1.29 is 28.6 Å². The molecule has 0 radical (unpaired) electrons. The predicted octanol–water partition coefficient (Wildman–Crippen LogP) is 7.98. The van der Waals surface area contributed by atoms with E-state index in [1.807, 2.05) is 31.2 Å². The van der Waals surface area contributed by atoms with Crippen LogP contribution in [0.4, 0.5) is 10.7 Å². The van der Waals surface area contributed by atoms with Crippen LogP contribution in [0.3, 0.4) is 0 Å². The van der Waals surface area contributed by atoms with Crippen LogP contribution >= 0.6 is 23.1 Å². The molecular weight excluding hydrogens is 621 g/mol. The van der Waals surface area contributed by atoms with E-state index in [1.54, 1.807) is 38.3 Å². The first-order valence-corrected chi connectivity index (χ1v) is 17.0. The summed E-state index contributed by atoms with van der Waals surface area (Å²) in [7, 11) is 3.06. The minimum absolute atomic E-state index is 0.184. The Hall–Kier alpha value is -4.28. The lowest BCUT2D eigenvalue weighted by Gasteiger charge is -2.23. The third kappa shape index (κ3) is 7.57. The number of thioether (sulfide) groups is 1. The molecule has 2 unspecified atom stereocenters. The van der Waals surface area contributed by atoms with Gasteiger partial charge in [0.2, 0.25) is 5.91 Å². The van der Waals surface area contributed by atoms with E-state index in [2.05, 4.69) is 34.9 Å². The van der Waals surface area contributed by atoms with Crippen LogP contribution < -0.4 is 20.1 Å². The van der Waals surface area contributed by atoms with E-state index in [4.69, 9.17) is 14.2 Å². The summed E-state index contributed by atoms with van der Waals surface area (Å²) in [6.07, 6.45) is 3.07. The first-order chi connectivity index (χ1) is 22.3. The average molecular weight is 659 g/mol. The number of benzene rings is 3. The Balaban J connectivity index is 1.30. The zero-order chi connectivity index (χ0) is 32.6. The van der Waals surface area contributed by atoms with Gasteiger partial charge in [-0.1, -0.05) is 43.3 Å². The largest absolute Gasteiger partial charge is 0.493 e. The Bertz CT molecular complexity index is 1700. The van der Waals surface area contributed by atoms with Gasteiger partial charge in [-0.15, -0.1) is 23.1 Å². The normalized spacial score (nSPS) is 14.5. The highest BCUT2D eigenvalue weighted by atomic mass is 32.2. The first-order valence-electron chi connectivity index (χ1n) is 15.3. The third-order valence-corrected chi connectivity index (χ3v) is 10.5. The smallest absolute Gasteiger partial charge is 0.341 e. The van der Waals surface area contributed by atoms with Crippen molar-refractivity contribution in [3.05, 3.63) is 99.9 Å². The number of amides is 2. The zero-order valence-electron chi connectivity index (χ0n) is 26.4. The van der Waals surface area contributed by atoms with E-state index in [1.165, 1.54) is 35.8 Å². The molecule has 3 aromatic carbocycles. The lowest BCUT2D eigenvalue weighted by atomic mass is 9.83. The van der Waals surface area contributed by atoms with Gasteiger partial charge >= 0.3 is 5.97 Å². The summed E-state index contributed by atoms with van der Waals surface area (Å²) in [4.78, 5) is 41.7. The van der Waals surface area contributed by atoms with Gasteiger partial charge < -0.3 is 24.8 Å². The van der Waals surface area contributed by atoms with Crippen LogP contribution in [-0.2, 0) is 22.4 Å². The molecule has 0 saturated carbocycles. The Morgan fingerprint density at radius 2 is 1.72 bits per heavy atom. The Kier molecular flexibility index (Phi) is 11.0. The van der Waals surface area contributed by atoms with Crippen molar-refractivity contribution in [2.24, 2.45) is 0 Å². The Morgan fingerprint density at radius 1 is 0.935 bits per heavy atom. The number of thiophene rings is 1. The van der Waals surface area contributed by atoms with Crippen molar-refractivity contribution in [2.75, 3.05) is 31.5 Å². The molecule has 8 nitrogen and oxygen atoms in total. The maximum absolute atomic E-state index is 13.7. The summed E-state index contributed by atoms with van der Waals surface area (Å²) in [6, 6.07) is 22.8. The number of methoxy groups -OCH3 is 2. The van der Waals surface area contributed by atoms with Crippen LogP contribution in [0.2, 0.25) is 0 Å². The third-order valence-electron chi connectivity index (χ3n) is 7.93. The van der Waals surface area contributed by atoms with E-state index in [-0.39, 0.29) is 18.4 Å². The lowest BCUT2D eigenvalue weighted by molar-refractivity contribution is -0.115. The number of nitrogens with one attached hydrogen (secondary N) is 2. The number of esters is 1. The van der Waals surface area contributed by atoms with Gasteiger partial charge in [0, 0.05) is 21.0 Å². The molecule has 1 aliphatic rings. The summed E-state index contributed by atoms with van der Waals surface area (Å²) < 4.78 is 16.0. The molecular formula is C36H38N2O6S2. The lowest BCUT2D eigenvalue weighted by Crippen LogP contribution is -2.25. The second kappa shape index (κ2) is 15.3. The van der Waals surface area contributed by atoms with Gasteiger partial charge in [-0.25, -0.2) is 4.79 Å². The Morgan fingerprint density at radius 3 is 2.43 bits per heavy atom. The topological polar surface area (TPSA) is 103 Å². The quantitative estimate of drug-likeness (QED) is 0.118. The molecule has 0 saturated heterocycles. The second-order valence-electron chi connectivity index (χ2n) is 10.8. The van der Waals surface area contributed by atoms with E-state index < -0.39 is 11.2 Å². The monoisotopic (exact) mass is 658 g/mol. The Labute approximate surface area is 277 Å². The van der Waals surface area contributed by atoms with Crippen LogP contribution in [0, 0.1) is 0 Å². The summed E-state index contributed by atoms with van der Waals surface area (Å²) in [6.45, 7) is 4.00. The van der Waals surface area contributed by atoms with Crippen molar-refractivity contribution in [3.63, 3.8) is 0 Å². The van der Waals surface area contributed by atoms with Crippen LogP contribution in [-0.4, -0.2) is 43.9 Å². The standard InChI is InChI=1S/C36H38N2O6S2/c1-5-30(45-26-14-10-13-25(21-26)37-33(39)24-16-18-28(42-3)29(19-24)43-4)34(40)38-35-32(36(41)44-6-2)27-17-15-23(20-31(27)46-35)22-11-8-7-9-12-22/h7-14,16,18-19,21,23,30H,5-6,15,17,20H2,1-4H3,(H,37,39)(H,38,40). The molecule has 0 bridgehead atoms.